The number of H-pyrrole nitrogens is 1. The zero-order valence-electron chi connectivity index (χ0n) is 12.0. The molecule has 0 bridgehead atoms. The highest BCUT2D eigenvalue weighted by Gasteiger charge is 2.21. The van der Waals surface area contributed by atoms with Gasteiger partial charge < -0.3 is 15.0 Å². The number of nitrogens with one attached hydrogen (secondary N) is 2. The van der Waals surface area contributed by atoms with E-state index >= 15 is 0 Å². The fourth-order valence-electron chi connectivity index (χ4n) is 2.48. The van der Waals surface area contributed by atoms with Crippen LogP contribution in [0.4, 0.5) is 0 Å². The van der Waals surface area contributed by atoms with Crippen LogP contribution in [0.5, 0.6) is 0 Å². The highest BCUT2D eigenvalue weighted by atomic mass is 16.5. The van der Waals surface area contributed by atoms with E-state index in [1.54, 1.807) is 0 Å². The molecule has 0 spiro atoms. The lowest BCUT2D eigenvalue weighted by Crippen LogP contribution is -2.34. The van der Waals surface area contributed by atoms with Crippen LogP contribution in [-0.2, 0) is 16.1 Å². The molecular formula is C16H20N2O2. The molecule has 1 atom stereocenters. The number of hydrogen-bond donors (Lipinski definition) is 2. The monoisotopic (exact) mass is 272 g/mol. The number of aryl methyl sites for hydroxylation is 2. The number of hydrogen-bond acceptors (Lipinski definition) is 2. The SMILES string of the molecule is Cc1cc2cc(CNC(=O)CC3CCO3)[nH]c2cc1C. The highest BCUT2D eigenvalue weighted by Crippen LogP contribution is 2.20. The minimum absolute atomic E-state index is 0.0562. The van der Waals surface area contributed by atoms with Crippen molar-refractivity contribution in [2.24, 2.45) is 0 Å². The number of benzene rings is 1. The van der Waals surface area contributed by atoms with Crippen LogP contribution < -0.4 is 5.32 Å². The summed E-state index contributed by atoms with van der Waals surface area (Å²) in [6.45, 7) is 5.55. The molecule has 20 heavy (non-hydrogen) atoms. The molecule has 1 aromatic heterocycles. The summed E-state index contributed by atoms with van der Waals surface area (Å²) in [5.74, 6) is 0.0562. The van der Waals surface area contributed by atoms with E-state index in [0.717, 1.165) is 24.2 Å². The third-order valence-electron chi connectivity index (χ3n) is 3.97. The molecule has 1 aromatic carbocycles. The zero-order chi connectivity index (χ0) is 14.1. The molecule has 2 heterocycles. The van der Waals surface area contributed by atoms with Gasteiger partial charge in [-0.1, -0.05) is 0 Å². The molecule has 0 aliphatic carbocycles. The van der Waals surface area contributed by atoms with Gasteiger partial charge in [0.15, 0.2) is 0 Å². The van der Waals surface area contributed by atoms with Crippen molar-refractivity contribution in [3.63, 3.8) is 0 Å². The van der Waals surface area contributed by atoms with Crippen molar-refractivity contribution in [1.29, 1.82) is 0 Å². The van der Waals surface area contributed by atoms with Crippen molar-refractivity contribution in [1.82, 2.24) is 10.3 Å². The summed E-state index contributed by atoms with van der Waals surface area (Å²) >= 11 is 0. The molecule has 1 aliphatic heterocycles. The fraction of sp³-hybridized carbons (Fsp3) is 0.438. The van der Waals surface area contributed by atoms with E-state index in [-0.39, 0.29) is 12.0 Å². The van der Waals surface area contributed by atoms with Gasteiger partial charge in [-0.3, -0.25) is 4.79 Å². The van der Waals surface area contributed by atoms with Gasteiger partial charge in [0.05, 0.1) is 19.1 Å². The highest BCUT2D eigenvalue weighted by molar-refractivity contribution is 5.82. The predicted octanol–water partition coefficient (Wildman–Crippen LogP) is 2.58. The average Bonchev–Trinajstić information content (AvgIpc) is 2.74. The van der Waals surface area contributed by atoms with Gasteiger partial charge in [0.25, 0.3) is 0 Å². The summed E-state index contributed by atoms with van der Waals surface area (Å²) in [6.07, 6.45) is 1.60. The molecule has 2 aromatic rings. The van der Waals surface area contributed by atoms with Gasteiger partial charge in [-0.25, -0.2) is 0 Å². The minimum Gasteiger partial charge on any atom is -0.377 e. The first kappa shape index (κ1) is 13.2. The molecule has 1 unspecified atom stereocenters. The maximum Gasteiger partial charge on any atom is 0.222 e. The molecular weight excluding hydrogens is 252 g/mol. The van der Waals surface area contributed by atoms with E-state index in [2.05, 4.69) is 42.3 Å². The first-order chi connectivity index (χ1) is 9.61. The van der Waals surface area contributed by atoms with Gasteiger partial charge in [-0.15, -0.1) is 0 Å². The topological polar surface area (TPSA) is 54.1 Å². The Bertz CT molecular complexity index is 602. The number of ether oxygens (including phenoxy) is 1. The third-order valence-corrected chi connectivity index (χ3v) is 3.97. The first-order valence-corrected chi connectivity index (χ1v) is 7.09. The van der Waals surface area contributed by atoms with Crippen LogP contribution in [0.15, 0.2) is 18.2 Å². The number of carbonyl (C=O) groups is 1. The molecule has 1 saturated heterocycles. The van der Waals surface area contributed by atoms with E-state index < -0.39 is 0 Å². The Morgan fingerprint density at radius 3 is 2.80 bits per heavy atom. The number of carbonyl (C=O) groups excluding carboxylic acids is 1. The van der Waals surface area contributed by atoms with Crippen molar-refractivity contribution in [3.8, 4) is 0 Å². The fourth-order valence-corrected chi connectivity index (χ4v) is 2.48. The van der Waals surface area contributed by atoms with Crippen LogP contribution in [-0.4, -0.2) is 23.6 Å². The van der Waals surface area contributed by atoms with Crippen molar-refractivity contribution < 1.29 is 9.53 Å². The summed E-state index contributed by atoms with van der Waals surface area (Å²) < 4.78 is 5.26. The molecule has 4 heteroatoms. The number of amides is 1. The van der Waals surface area contributed by atoms with Crippen LogP contribution in [0.3, 0.4) is 0 Å². The lowest BCUT2D eigenvalue weighted by Gasteiger charge is -2.25. The first-order valence-electron chi connectivity index (χ1n) is 7.09. The second kappa shape index (κ2) is 5.29. The van der Waals surface area contributed by atoms with E-state index in [0.29, 0.717) is 13.0 Å². The smallest absolute Gasteiger partial charge is 0.222 e. The van der Waals surface area contributed by atoms with Crippen molar-refractivity contribution >= 4 is 16.8 Å². The van der Waals surface area contributed by atoms with E-state index in [1.807, 2.05) is 0 Å². The molecule has 0 radical (unpaired) electrons. The molecule has 1 aliphatic rings. The maximum absolute atomic E-state index is 11.7. The Hall–Kier alpha value is -1.81. The third kappa shape index (κ3) is 2.70. The van der Waals surface area contributed by atoms with Crippen LogP contribution >= 0.6 is 0 Å². The van der Waals surface area contributed by atoms with Gasteiger partial charge in [0.1, 0.15) is 0 Å². The standard InChI is InChI=1S/C16H20N2O2/c1-10-5-12-7-13(18-15(12)6-11(10)2)9-17-16(19)8-14-3-4-20-14/h5-7,14,18H,3-4,8-9H2,1-2H3,(H,17,19). The van der Waals surface area contributed by atoms with Crippen LogP contribution in [0, 0.1) is 13.8 Å². The number of aromatic amines is 1. The number of rotatable bonds is 4. The molecule has 0 saturated carbocycles. The molecule has 3 rings (SSSR count). The average molecular weight is 272 g/mol. The molecule has 4 nitrogen and oxygen atoms in total. The molecule has 106 valence electrons. The summed E-state index contributed by atoms with van der Waals surface area (Å²) in [5.41, 5.74) is 4.72. The second-order valence-electron chi connectivity index (χ2n) is 5.58. The normalized spacial score (nSPS) is 18.0. The van der Waals surface area contributed by atoms with Gasteiger partial charge in [0.2, 0.25) is 5.91 Å². The number of fused-ring (bicyclic) bond motifs is 1. The zero-order valence-corrected chi connectivity index (χ0v) is 12.0. The van der Waals surface area contributed by atoms with Crippen LogP contribution in [0.1, 0.15) is 29.7 Å². The Morgan fingerprint density at radius 2 is 2.10 bits per heavy atom. The minimum atomic E-state index is 0.0562. The Labute approximate surface area is 118 Å². The van der Waals surface area contributed by atoms with Crippen LogP contribution in [0.2, 0.25) is 0 Å². The summed E-state index contributed by atoms with van der Waals surface area (Å²) in [6, 6.07) is 6.43. The predicted molar refractivity (Wildman–Crippen MR) is 78.6 cm³/mol. The van der Waals surface area contributed by atoms with Gasteiger partial charge >= 0.3 is 0 Å². The number of aromatic nitrogens is 1. The van der Waals surface area contributed by atoms with Crippen LogP contribution in [0.25, 0.3) is 10.9 Å². The van der Waals surface area contributed by atoms with Gasteiger partial charge in [0, 0.05) is 17.8 Å². The molecule has 1 fully saturated rings. The molecule has 1 amide bonds. The van der Waals surface area contributed by atoms with Crippen molar-refractivity contribution in [2.45, 2.75) is 39.3 Å². The van der Waals surface area contributed by atoms with Gasteiger partial charge in [-0.2, -0.15) is 0 Å². The second-order valence-corrected chi connectivity index (χ2v) is 5.58. The maximum atomic E-state index is 11.7. The van der Waals surface area contributed by atoms with E-state index in [1.165, 1.54) is 16.5 Å². The lowest BCUT2D eigenvalue weighted by atomic mass is 10.1. The Balaban J connectivity index is 1.63. The van der Waals surface area contributed by atoms with E-state index in [4.69, 9.17) is 4.74 Å². The largest absolute Gasteiger partial charge is 0.377 e. The van der Waals surface area contributed by atoms with Gasteiger partial charge in [-0.05, 0) is 55.0 Å². The Morgan fingerprint density at radius 1 is 1.35 bits per heavy atom. The van der Waals surface area contributed by atoms with Crippen molar-refractivity contribution in [2.75, 3.05) is 6.61 Å². The summed E-state index contributed by atoms with van der Waals surface area (Å²) in [7, 11) is 0. The lowest BCUT2D eigenvalue weighted by molar-refractivity contribution is -0.129. The van der Waals surface area contributed by atoms with E-state index in [9.17, 15) is 4.79 Å². The summed E-state index contributed by atoms with van der Waals surface area (Å²) in [5, 5.41) is 4.13. The molecule has 2 N–H and O–H groups in total. The summed E-state index contributed by atoms with van der Waals surface area (Å²) in [4.78, 5) is 15.1. The quantitative estimate of drug-likeness (QED) is 0.898. The Kier molecular flexibility index (Phi) is 3.49. The van der Waals surface area contributed by atoms with Crippen molar-refractivity contribution in [3.05, 3.63) is 35.0 Å².